The lowest BCUT2D eigenvalue weighted by atomic mass is 10.2. The van der Waals surface area contributed by atoms with Gasteiger partial charge in [-0.15, -0.1) is 0 Å². The first-order chi connectivity index (χ1) is 11.1. The molecule has 0 atom stereocenters. The van der Waals surface area contributed by atoms with Gasteiger partial charge in [-0.1, -0.05) is 11.3 Å². The number of halogens is 3. The first-order valence-electron chi connectivity index (χ1n) is 6.03. The first-order valence-corrected chi connectivity index (χ1v) is 8.39. The molecule has 130 valence electrons. The minimum absolute atomic E-state index is 0.0493. The van der Waals surface area contributed by atoms with Crippen LogP contribution in [0, 0.1) is 0 Å². The number of carbonyl (C=O) groups excluding carboxylic acids is 1. The number of methoxy groups -OCH3 is 1. The number of aromatic nitrogens is 1. The van der Waals surface area contributed by atoms with Crippen LogP contribution in [0.1, 0.15) is 10.4 Å². The Kier molecular flexibility index (Phi) is 4.99. The molecule has 2 rings (SSSR count). The molecule has 1 heterocycles. The van der Waals surface area contributed by atoms with Gasteiger partial charge in [0, 0.05) is 17.3 Å². The Balaban J connectivity index is 2.38. The van der Waals surface area contributed by atoms with E-state index in [9.17, 15) is 26.4 Å². The summed E-state index contributed by atoms with van der Waals surface area (Å²) in [6, 6.07) is 3.01. The number of nitrogens with zero attached hydrogens (tertiary/aromatic N) is 1. The second-order valence-electron chi connectivity index (χ2n) is 4.15. The number of sulfonamides is 1. The van der Waals surface area contributed by atoms with Gasteiger partial charge in [0.1, 0.15) is 11.3 Å². The number of ether oxygens (including phenoxy) is 2. The summed E-state index contributed by atoms with van der Waals surface area (Å²) in [7, 11) is -4.56. The zero-order chi connectivity index (χ0) is 18.0. The summed E-state index contributed by atoms with van der Waals surface area (Å²) in [5.74, 6) is -0.971. The predicted molar refractivity (Wildman–Crippen MR) is 78.6 cm³/mol. The van der Waals surface area contributed by atoms with Crippen LogP contribution in [0.25, 0.3) is 0 Å². The first kappa shape index (κ1) is 18.0. The van der Waals surface area contributed by atoms with Gasteiger partial charge in [0.05, 0.1) is 7.11 Å². The molecular weight excluding hydrogens is 373 g/mol. The van der Waals surface area contributed by atoms with Crippen molar-refractivity contribution in [3.63, 3.8) is 0 Å². The van der Waals surface area contributed by atoms with E-state index in [0.29, 0.717) is 0 Å². The van der Waals surface area contributed by atoms with E-state index in [4.69, 9.17) is 4.74 Å². The molecule has 0 unspecified atom stereocenters. The van der Waals surface area contributed by atoms with Gasteiger partial charge in [-0.25, -0.2) is 9.78 Å². The predicted octanol–water partition coefficient (Wildman–Crippen LogP) is 2.98. The second kappa shape index (κ2) is 6.65. The van der Waals surface area contributed by atoms with E-state index in [1.54, 1.807) is 5.38 Å². The third-order valence-corrected chi connectivity index (χ3v) is 4.31. The standard InChI is InChI=1S/C12H9F3N2O5S2/c1-21-10(18)8-6-7(17-24(19,20)12(13,14)15)2-3-9(8)22-11-16-4-5-23-11/h2-6,17H,1H3. The molecule has 0 amide bonds. The van der Waals surface area contributed by atoms with Crippen LogP contribution in [0.3, 0.4) is 0 Å². The van der Waals surface area contributed by atoms with Gasteiger partial charge in [0.2, 0.25) is 0 Å². The molecule has 1 aromatic carbocycles. The fourth-order valence-electron chi connectivity index (χ4n) is 1.52. The minimum atomic E-state index is -5.62. The van der Waals surface area contributed by atoms with Gasteiger partial charge in [-0.05, 0) is 18.2 Å². The Morgan fingerprint density at radius 1 is 1.33 bits per heavy atom. The maximum absolute atomic E-state index is 12.4. The van der Waals surface area contributed by atoms with Crippen LogP contribution in [-0.2, 0) is 14.8 Å². The normalized spacial score (nSPS) is 11.8. The highest BCUT2D eigenvalue weighted by molar-refractivity contribution is 7.93. The van der Waals surface area contributed by atoms with Crippen LogP contribution >= 0.6 is 11.3 Å². The van der Waals surface area contributed by atoms with Crippen molar-refractivity contribution in [3.8, 4) is 10.9 Å². The summed E-state index contributed by atoms with van der Waals surface area (Å²) in [6.45, 7) is 0. The maximum Gasteiger partial charge on any atom is 0.516 e. The van der Waals surface area contributed by atoms with E-state index in [2.05, 4.69) is 9.72 Å². The van der Waals surface area contributed by atoms with Crippen LogP contribution in [-0.4, -0.2) is 32.0 Å². The quantitative estimate of drug-likeness (QED) is 0.799. The summed E-state index contributed by atoms with van der Waals surface area (Å²) >= 11 is 1.12. The molecule has 0 aliphatic rings. The molecule has 12 heteroatoms. The Labute approximate surface area is 138 Å². The highest BCUT2D eigenvalue weighted by Gasteiger charge is 2.46. The van der Waals surface area contributed by atoms with Crippen molar-refractivity contribution in [2.45, 2.75) is 5.51 Å². The Morgan fingerprint density at radius 3 is 2.58 bits per heavy atom. The summed E-state index contributed by atoms with van der Waals surface area (Å²) < 4.78 is 70.6. The number of rotatable bonds is 5. The molecule has 7 nitrogen and oxygen atoms in total. The topological polar surface area (TPSA) is 94.6 Å². The molecule has 0 aliphatic heterocycles. The van der Waals surface area contributed by atoms with Crippen LogP contribution in [0.2, 0.25) is 0 Å². The fraction of sp³-hybridized carbons (Fsp3) is 0.167. The van der Waals surface area contributed by atoms with Crippen molar-refractivity contribution in [1.29, 1.82) is 0 Å². The second-order valence-corrected chi connectivity index (χ2v) is 6.68. The van der Waals surface area contributed by atoms with Gasteiger partial charge in [0.25, 0.3) is 5.19 Å². The highest BCUT2D eigenvalue weighted by atomic mass is 32.2. The van der Waals surface area contributed by atoms with Crippen LogP contribution < -0.4 is 9.46 Å². The lowest BCUT2D eigenvalue weighted by Gasteiger charge is -2.13. The zero-order valence-electron chi connectivity index (χ0n) is 11.8. The molecule has 1 aromatic heterocycles. The number of hydrogen-bond acceptors (Lipinski definition) is 7. The molecule has 0 saturated carbocycles. The summed E-state index contributed by atoms with van der Waals surface area (Å²) in [5, 5.41) is 1.79. The van der Waals surface area contributed by atoms with Crippen molar-refractivity contribution in [3.05, 3.63) is 35.3 Å². The number of carbonyl (C=O) groups is 1. The number of anilines is 1. The molecule has 1 N–H and O–H groups in total. The van der Waals surface area contributed by atoms with Crippen LogP contribution in [0.4, 0.5) is 18.9 Å². The molecule has 0 fully saturated rings. The molecule has 0 aliphatic carbocycles. The van der Waals surface area contributed by atoms with Crippen molar-refractivity contribution in [1.82, 2.24) is 4.98 Å². The number of thiazole rings is 1. The fourth-order valence-corrected chi connectivity index (χ4v) is 2.57. The summed E-state index contributed by atoms with van der Waals surface area (Å²) in [5.41, 5.74) is -6.23. The Hall–Kier alpha value is -2.34. The average Bonchev–Trinajstić information content (AvgIpc) is 2.99. The van der Waals surface area contributed by atoms with E-state index in [0.717, 1.165) is 36.6 Å². The van der Waals surface area contributed by atoms with Crippen molar-refractivity contribution in [2.24, 2.45) is 0 Å². The lowest BCUT2D eigenvalue weighted by Crippen LogP contribution is -2.30. The molecule has 24 heavy (non-hydrogen) atoms. The zero-order valence-corrected chi connectivity index (χ0v) is 13.5. The van der Waals surface area contributed by atoms with Crippen LogP contribution in [0.15, 0.2) is 29.8 Å². The molecule has 0 spiro atoms. The van der Waals surface area contributed by atoms with E-state index in [1.807, 2.05) is 0 Å². The molecule has 0 bridgehead atoms. The van der Waals surface area contributed by atoms with Crippen molar-refractivity contribution < 1.29 is 35.9 Å². The molecule has 0 saturated heterocycles. The number of alkyl halides is 3. The number of benzene rings is 1. The van der Waals surface area contributed by atoms with E-state index < -0.39 is 27.2 Å². The Bertz CT molecular complexity index is 835. The van der Waals surface area contributed by atoms with Gasteiger partial charge in [-0.3, -0.25) is 4.72 Å². The summed E-state index contributed by atoms with van der Waals surface area (Å²) in [6.07, 6.45) is 1.45. The number of nitrogens with one attached hydrogen (secondary N) is 1. The van der Waals surface area contributed by atoms with Gasteiger partial charge in [0.15, 0.2) is 0 Å². The van der Waals surface area contributed by atoms with Gasteiger partial charge < -0.3 is 9.47 Å². The van der Waals surface area contributed by atoms with Crippen LogP contribution in [0.5, 0.6) is 10.9 Å². The SMILES string of the molecule is COC(=O)c1cc(NS(=O)(=O)C(F)(F)F)ccc1Oc1nccs1. The maximum atomic E-state index is 12.4. The number of hydrogen-bond donors (Lipinski definition) is 1. The lowest BCUT2D eigenvalue weighted by molar-refractivity contribution is -0.0429. The minimum Gasteiger partial charge on any atom is -0.465 e. The van der Waals surface area contributed by atoms with Gasteiger partial charge >= 0.3 is 21.5 Å². The van der Waals surface area contributed by atoms with Gasteiger partial charge in [-0.2, -0.15) is 21.6 Å². The highest BCUT2D eigenvalue weighted by Crippen LogP contribution is 2.31. The average molecular weight is 382 g/mol. The van der Waals surface area contributed by atoms with Crippen molar-refractivity contribution in [2.75, 3.05) is 11.8 Å². The molecule has 0 radical (unpaired) electrons. The molecular formula is C12H9F3N2O5S2. The largest absolute Gasteiger partial charge is 0.516 e. The van der Waals surface area contributed by atoms with E-state index >= 15 is 0 Å². The number of esters is 1. The molecule has 2 aromatic rings. The summed E-state index contributed by atoms with van der Waals surface area (Å²) in [4.78, 5) is 15.6. The van der Waals surface area contributed by atoms with E-state index in [1.165, 1.54) is 10.9 Å². The monoisotopic (exact) mass is 382 g/mol. The smallest absolute Gasteiger partial charge is 0.465 e. The van der Waals surface area contributed by atoms with E-state index in [-0.39, 0.29) is 16.5 Å². The Morgan fingerprint density at radius 2 is 2.04 bits per heavy atom. The third kappa shape index (κ3) is 3.94. The third-order valence-electron chi connectivity index (χ3n) is 2.55. The van der Waals surface area contributed by atoms with Crippen molar-refractivity contribution >= 4 is 33.0 Å².